The fourth-order valence-electron chi connectivity index (χ4n) is 2.72. The molecule has 0 fully saturated rings. The van der Waals surface area contributed by atoms with Crippen molar-refractivity contribution >= 4 is 11.7 Å². The van der Waals surface area contributed by atoms with Crippen molar-refractivity contribution in [3.05, 3.63) is 41.2 Å². The van der Waals surface area contributed by atoms with Gasteiger partial charge in [0.05, 0.1) is 17.3 Å². The maximum absolute atomic E-state index is 13.1. The highest BCUT2D eigenvalue weighted by Gasteiger charge is 2.25. The number of anilines is 1. The van der Waals surface area contributed by atoms with Crippen molar-refractivity contribution in [1.29, 1.82) is 5.26 Å². The lowest BCUT2D eigenvalue weighted by molar-refractivity contribution is 0.244. The molecule has 3 rings (SSSR count). The Morgan fingerprint density at radius 2 is 2.38 bits per heavy atom. The Morgan fingerprint density at radius 3 is 3.12 bits per heavy atom. The van der Waals surface area contributed by atoms with Crippen LogP contribution >= 0.6 is 0 Å². The van der Waals surface area contributed by atoms with E-state index in [2.05, 4.69) is 20.7 Å². The summed E-state index contributed by atoms with van der Waals surface area (Å²) in [5.41, 5.74) is 0.341. The summed E-state index contributed by atoms with van der Waals surface area (Å²) in [5, 5.41) is 18.9. The van der Waals surface area contributed by atoms with Crippen LogP contribution in [0.15, 0.2) is 18.2 Å². The van der Waals surface area contributed by atoms with Gasteiger partial charge in [0.2, 0.25) is 0 Å². The van der Waals surface area contributed by atoms with E-state index in [4.69, 9.17) is 5.26 Å². The van der Waals surface area contributed by atoms with E-state index in [1.54, 1.807) is 0 Å². The molecule has 0 bridgehead atoms. The number of carbonyl (C=O) groups is 1. The van der Waals surface area contributed by atoms with E-state index in [0.717, 1.165) is 43.5 Å². The van der Waals surface area contributed by atoms with Crippen molar-refractivity contribution in [2.45, 2.75) is 38.8 Å². The Bertz CT molecular complexity index is 809. The lowest BCUT2D eigenvalue weighted by Crippen LogP contribution is -2.36. The smallest absolute Gasteiger partial charge is 0.319 e. The molecule has 2 amide bonds. The molecule has 0 aliphatic carbocycles. The predicted octanol–water partition coefficient (Wildman–Crippen LogP) is 2.51. The first-order valence-corrected chi connectivity index (χ1v) is 7.81. The number of aromatic nitrogens is 3. The van der Waals surface area contributed by atoms with Crippen molar-refractivity contribution in [2.24, 2.45) is 0 Å². The summed E-state index contributed by atoms with van der Waals surface area (Å²) >= 11 is 0. The summed E-state index contributed by atoms with van der Waals surface area (Å²) in [5.74, 6) is 0.974. The number of amides is 2. The van der Waals surface area contributed by atoms with Crippen molar-refractivity contribution < 1.29 is 9.18 Å². The normalized spacial score (nSPS) is 16.1. The third-order valence-corrected chi connectivity index (χ3v) is 3.89. The fraction of sp³-hybridized carbons (Fsp3) is 0.375. The maximum atomic E-state index is 13.1. The maximum Gasteiger partial charge on any atom is 0.319 e. The van der Waals surface area contributed by atoms with Crippen LogP contribution in [0.2, 0.25) is 0 Å². The second kappa shape index (κ2) is 6.66. The number of hydrogen-bond acceptors (Lipinski definition) is 4. The van der Waals surface area contributed by atoms with Crippen LogP contribution in [0.1, 0.15) is 43.0 Å². The standard InChI is InChI=1S/C16H17FN6O/c1-2-14-21-15-13(4-3-7-23(15)22-14)20-16(24)19-12-6-5-11(17)8-10(12)9-18/h5-6,8,13H,2-4,7H2,1H3,(H2,19,20,24). The lowest BCUT2D eigenvalue weighted by Gasteiger charge is -2.23. The van der Waals surface area contributed by atoms with Gasteiger partial charge in [-0.1, -0.05) is 6.92 Å². The molecule has 1 aromatic heterocycles. The third kappa shape index (κ3) is 3.20. The first kappa shape index (κ1) is 15.9. The van der Waals surface area contributed by atoms with E-state index in [9.17, 15) is 9.18 Å². The summed E-state index contributed by atoms with van der Waals surface area (Å²) in [6.45, 7) is 2.77. The topological polar surface area (TPSA) is 95.6 Å². The van der Waals surface area contributed by atoms with Crippen molar-refractivity contribution in [1.82, 2.24) is 20.1 Å². The van der Waals surface area contributed by atoms with E-state index in [1.807, 2.05) is 17.7 Å². The van der Waals surface area contributed by atoms with Crippen LogP contribution < -0.4 is 10.6 Å². The molecule has 0 radical (unpaired) electrons. The summed E-state index contributed by atoms with van der Waals surface area (Å²) in [6, 6.07) is 4.81. The number of nitrogens with zero attached hydrogens (tertiary/aromatic N) is 4. The number of benzene rings is 1. The van der Waals surface area contributed by atoms with Crippen LogP contribution in [0.4, 0.5) is 14.9 Å². The molecular weight excluding hydrogens is 311 g/mol. The molecule has 1 aromatic carbocycles. The highest BCUT2D eigenvalue weighted by Crippen LogP contribution is 2.23. The molecule has 0 saturated carbocycles. The molecule has 1 aliphatic rings. The molecule has 2 aromatic rings. The van der Waals surface area contributed by atoms with Gasteiger partial charge in [0.25, 0.3) is 0 Å². The van der Waals surface area contributed by atoms with Gasteiger partial charge in [-0.3, -0.25) is 0 Å². The minimum atomic E-state index is -0.523. The van der Waals surface area contributed by atoms with Gasteiger partial charge in [0.1, 0.15) is 17.7 Å². The summed E-state index contributed by atoms with van der Waals surface area (Å²) in [4.78, 5) is 16.7. The van der Waals surface area contributed by atoms with Crippen molar-refractivity contribution in [3.8, 4) is 6.07 Å². The number of halogens is 1. The molecule has 8 heteroatoms. The molecule has 1 unspecified atom stereocenters. The molecular formula is C16H17FN6O. The first-order chi connectivity index (χ1) is 11.6. The van der Waals surface area contributed by atoms with Gasteiger partial charge in [0, 0.05) is 13.0 Å². The van der Waals surface area contributed by atoms with Gasteiger partial charge in [-0.15, -0.1) is 0 Å². The van der Waals surface area contributed by atoms with Crippen LogP contribution in [0.25, 0.3) is 0 Å². The lowest BCUT2D eigenvalue weighted by atomic mass is 10.1. The van der Waals surface area contributed by atoms with Gasteiger partial charge in [-0.05, 0) is 31.0 Å². The van der Waals surface area contributed by atoms with E-state index in [0.29, 0.717) is 0 Å². The zero-order chi connectivity index (χ0) is 17.1. The molecule has 0 saturated heterocycles. The second-order valence-corrected chi connectivity index (χ2v) is 5.56. The quantitative estimate of drug-likeness (QED) is 0.905. The Balaban J connectivity index is 1.73. The van der Waals surface area contributed by atoms with Gasteiger partial charge in [-0.25, -0.2) is 18.9 Å². The summed E-state index contributed by atoms with van der Waals surface area (Å²) in [6.07, 6.45) is 2.40. The van der Waals surface area contributed by atoms with Gasteiger partial charge < -0.3 is 10.6 Å². The Labute approximate surface area is 138 Å². The molecule has 0 spiro atoms. The Morgan fingerprint density at radius 1 is 1.54 bits per heavy atom. The number of nitrogens with one attached hydrogen (secondary N) is 2. The van der Waals surface area contributed by atoms with Gasteiger partial charge in [-0.2, -0.15) is 10.4 Å². The van der Waals surface area contributed by atoms with E-state index in [-0.39, 0.29) is 17.3 Å². The largest absolute Gasteiger partial charge is 0.328 e. The minimum Gasteiger partial charge on any atom is -0.328 e. The third-order valence-electron chi connectivity index (χ3n) is 3.89. The van der Waals surface area contributed by atoms with E-state index >= 15 is 0 Å². The first-order valence-electron chi connectivity index (χ1n) is 7.81. The van der Waals surface area contributed by atoms with Crippen LogP contribution in [0, 0.1) is 17.1 Å². The molecule has 1 atom stereocenters. The number of nitriles is 1. The zero-order valence-corrected chi connectivity index (χ0v) is 13.2. The molecule has 2 heterocycles. The summed E-state index contributed by atoms with van der Waals surface area (Å²) in [7, 11) is 0. The average Bonchev–Trinajstić information content (AvgIpc) is 3.01. The van der Waals surface area contributed by atoms with Crippen LogP contribution in [-0.4, -0.2) is 20.8 Å². The Kier molecular flexibility index (Phi) is 4.42. The number of urea groups is 1. The highest BCUT2D eigenvalue weighted by atomic mass is 19.1. The molecule has 124 valence electrons. The van der Waals surface area contributed by atoms with E-state index in [1.165, 1.54) is 12.1 Å². The van der Waals surface area contributed by atoms with Gasteiger partial charge in [0.15, 0.2) is 5.82 Å². The molecule has 2 N–H and O–H groups in total. The second-order valence-electron chi connectivity index (χ2n) is 5.56. The monoisotopic (exact) mass is 328 g/mol. The molecule has 7 nitrogen and oxygen atoms in total. The summed E-state index contributed by atoms with van der Waals surface area (Å²) < 4.78 is 15.0. The Hall–Kier alpha value is -2.95. The number of fused-ring (bicyclic) bond motifs is 1. The minimum absolute atomic E-state index is 0.0743. The number of aryl methyl sites for hydroxylation is 2. The number of carbonyl (C=O) groups excluding carboxylic acids is 1. The SMILES string of the molecule is CCc1nc2n(n1)CCCC2NC(=O)Nc1ccc(F)cc1C#N. The average molecular weight is 328 g/mol. The number of rotatable bonds is 3. The van der Waals surface area contributed by atoms with Crippen LogP contribution in [0.5, 0.6) is 0 Å². The van der Waals surface area contributed by atoms with Crippen LogP contribution in [-0.2, 0) is 13.0 Å². The van der Waals surface area contributed by atoms with Crippen molar-refractivity contribution in [2.75, 3.05) is 5.32 Å². The highest BCUT2D eigenvalue weighted by molar-refractivity contribution is 5.90. The fourth-order valence-corrected chi connectivity index (χ4v) is 2.72. The van der Waals surface area contributed by atoms with Gasteiger partial charge >= 0.3 is 6.03 Å². The zero-order valence-electron chi connectivity index (χ0n) is 13.2. The van der Waals surface area contributed by atoms with Crippen LogP contribution in [0.3, 0.4) is 0 Å². The predicted molar refractivity (Wildman–Crippen MR) is 84.6 cm³/mol. The van der Waals surface area contributed by atoms with Crippen molar-refractivity contribution in [3.63, 3.8) is 0 Å². The van der Waals surface area contributed by atoms with E-state index < -0.39 is 11.8 Å². The molecule has 1 aliphatic heterocycles. The molecule has 24 heavy (non-hydrogen) atoms. The number of hydrogen-bond donors (Lipinski definition) is 2.